The minimum atomic E-state index is -2.18. The van der Waals surface area contributed by atoms with Gasteiger partial charge in [-0.2, -0.15) is 0 Å². The van der Waals surface area contributed by atoms with Gasteiger partial charge in [0.25, 0.3) is 0 Å². The first-order valence-electron chi connectivity index (χ1n) is 18.6. The molecule has 2 aliphatic carbocycles. The van der Waals surface area contributed by atoms with Gasteiger partial charge in [0.1, 0.15) is 8.07 Å². The number of hydrogen-bond acceptors (Lipinski definition) is 0. The Kier molecular flexibility index (Phi) is 9.95. The second-order valence-corrected chi connectivity index (χ2v) is 19.2. The van der Waals surface area contributed by atoms with Crippen molar-refractivity contribution in [2.45, 2.75) is 118 Å². The highest BCUT2D eigenvalue weighted by molar-refractivity contribution is 7.09. The van der Waals surface area contributed by atoms with Gasteiger partial charge in [0.15, 0.2) is 0 Å². The highest BCUT2D eigenvalue weighted by Crippen LogP contribution is 2.53. The quantitative estimate of drug-likeness (QED) is 0.136. The summed E-state index contributed by atoms with van der Waals surface area (Å²) in [5.41, 5.74) is 18.1. The van der Waals surface area contributed by atoms with Crippen molar-refractivity contribution in [2.24, 2.45) is 0 Å². The van der Waals surface area contributed by atoms with E-state index in [4.69, 9.17) is 0 Å². The molecule has 0 saturated carbocycles. The number of benzene rings is 4. The third-order valence-electron chi connectivity index (χ3n) is 11.5. The fourth-order valence-electron chi connectivity index (χ4n) is 8.67. The monoisotopic (exact) mass is 636 g/mol. The van der Waals surface area contributed by atoms with Crippen molar-refractivity contribution in [3.8, 4) is 22.3 Å². The molecule has 4 aromatic carbocycles. The summed E-state index contributed by atoms with van der Waals surface area (Å²) in [7, 11) is -2.18. The molecule has 6 rings (SSSR count). The molecular weight excluding hydrogens is 581 g/mol. The van der Waals surface area contributed by atoms with Gasteiger partial charge >= 0.3 is 0 Å². The maximum absolute atomic E-state index is 2.69. The van der Waals surface area contributed by atoms with Crippen molar-refractivity contribution in [3.05, 3.63) is 129 Å². The molecule has 0 heterocycles. The third kappa shape index (κ3) is 6.17. The van der Waals surface area contributed by atoms with E-state index in [2.05, 4.69) is 140 Å². The highest BCUT2D eigenvalue weighted by atomic mass is 28.3. The minimum absolute atomic E-state index is 0.593. The highest BCUT2D eigenvalue weighted by Gasteiger charge is 2.43. The van der Waals surface area contributed by atoms with E-state index in [1.165, 1.54) is 83.0 Å². The Hall–Kier alpha value is -3.42. The van der Waals surface area contributed by atoms with Crippen LogP contribution in [-0.4, -0.2) is 8.07 Å². The minimum Gasteiger partial charge on any atom is -0.0655 e. The molecule has 4 aromatic rings. The molecule has 0 nitrogen and oxygen atoms in total. The molecule has 2 unspecified atom stereocenters. The predicted molar refractivity (Wildman–Crippen MR) is 210 cm³/mol. The van der Waals surface area contributed by atoms with Gasteiger partial charge in [0.2, 0.25) is 0 Å². The Labute approximate surface area is 287 Å². The topological polar surface area (TPSA) is 0 Å². The molecule has 0 N–H and O–H groups in total. The first kappa shape index (κ1) is 33.5. The number of allylic oxidation sites excluding steroid dienone is 2. The zero-order valence-electron chi connectivity index (χ0n) is 30.4. The van der Waals surface area contributed by atoms with Gasteiger partial charge in [0, 0.05) is 0 Å². The maximum Gasteiger partial charge on any atom is 0.113 e. The average Bonchev–Trinajstić information content (AvgIpc) is 3.67. The first-order chi connectivity index (χ1) is 22.7. The molecule has 0 fully saturated rings. The van der Waals surface area contributed by atoms with Crippen molar-refractivity contribution in [1.82, 2.24) is 0 Å². The summed E-state index contributed by atoms with van der Waals surface area (Å²) >= 11 is 0. The summed E-state index contributed by atoms with van der Waals surface area (Å²) in [5, 5.41) is 3.46. The Morgan fingerprint density at radius 3 is 1.26 bits per heavy atom. The van der Waals surface area contributed by atoms with E-state index in [1.807, 2.05) is 0 Å². The molecule has 0 radical (unpaired) electrons. The van der Waals surface area contributed by atoms with Crippen molar-refractivity contribution in [3.63, 3.8) is 0 Å². The SMILES string of the molecule is CCCC1=C([Si](C)(C)C2=C(CCC)Cc3cccc(-c4ccc(C(C)CC)cc4)c32)c2c(cccc2-c2ccc(C(C)CC)cc2)C1. The van der Waals surface area contributed by atoms with Crippen LogP contribution in [0.1, 0.15) is 125 Å². The van der Waals surface area contributed by atoms with Crippen molar-refractivity contribution in [2.75, 3.05) is 0 Å². The van der Waals surface area contributed by atoms with E-state index in [0.29, 0.717) is 11.8 Å². The molecule has 0 aliphatic heterocycles. The summed E-state index contributed by atoms with van der Waals surface area (Å²) in [5.74, 6) is 1.19. The zero-order chi connectivity index (χ0) is 33.3. The van der Waals surface area contributed by atoms with Crippen LogP contribution in [0.3, 0.4) is 0 Å². The molecule has 0 amide bonds. The summed E-state index contributed by atoms with van der Waals surface area (Å²) < 4.78 is 0. The van der Waals surface area contributed by atoms with E-state index in [-0.39, 0.29) is 0 Å². The predicted octanol–water partition coefficient (Wildman–Crippen LogP) is 13.8. The summed E-state index contributed by atoms with van der Waals surface area (Å²) in [6.45, 7) is 19.4. The molecule has 2 aliphatic rings. The molecular formula is C46H56Si. The summed E-state index contributed by atoms with van der Waals surface area (Å²) in [6, 6.07) is 33.4. The lowest BCUT2D eigenvalue weighted by molar-refractivity contribution is 0.734. The van der Waals surface area contributed by atoms with Crippen LogP contribution in [0.2, 0.25) is 13.1 Å². The van der Waals surface area contributed by atoms with Crippen LogP contribution in [0.4, 0.5) is 0 Å². The van der Waals surface area contributed by atoms with Crippen LogP contribution in [0.15, 0.2) is 96.1 Å². The fraction of sp³-hybridized carbons (Fsp3) is 0.391. The summed E-state index contributed by atoms with van der Waals surface area (Å²) in [4.78, 5) is 0. The molecule has 1 heteroatoms. The van der Waals surface area contributed by atoms with Gasteiger partial charge in [-0.1, -0.05) is 164 Å². The summed E-state index contributed by atoms with van der Waals surface area (Å²) in [6.07, 6.45) is 9.33. The Morgan fingerprint density at radius 1 is 0.532 bits per heavy atom. The van der Waals surface area contributed by atoms with Crippen LogP contribution < -0.4 is 0 Å². The van der Waals surface area contributed by atoms with E-state index >= 15 is 0 Å². The van der Waals surface area contributed by atoms with Gasteiger partial charge in [-0.3, -0.25) is 0 Å². The van der Waals surface area contributed by atoms with Gasteiger partial charge in [0.05, 0.1) is 0 Å². The first-order valence-corrected chi connectivity index (χ1v) is 21.6. The maximum atomic E-state index is 2.69. The molecule has 47 heavy (non-hydrogen) atoms. The molecule has 2 atom stereocenters. The van der Waals surface area contributed by atoms with Crippen LogP contribution in [-0.2, 0) is 12.8 Å². The molecule has 0 saturated heterocycles. The number of fused-ring (bicyclic) bond motifs is 2. The van der Waals surface area contributed by atoms with Gasteiger partial charge in [-0.05, 0) is 116 Å². The van der Waals surface area contributed by atoms with Crippen LogP contribution in [0.5, 0.6) is 0 Å². The standard InChI is InChI=1S/C46H56Si/c1-9-15-39-29-37-17-13-19-41(35-25-21-33(22-26-35)31(5)11-3)43(37)45(39)47(7,8)46-40(16-10-2)30-38-18-14-20-42(44(38)46)36-27-23-34(24-28-36)32(6)12-4/h13-14,17-28,31-32H,9-12,15-16,29-30H2,1-8H3. The van der Waals surface area contributed by atoms with Gasteiger partial charge in [-0.15, -0.1) is 0 Å². The second kappa shape index (κ2) is 14.0. The van der Waals surface area contributed by atoms with E-state index < -0.39 is 8.07 Å². The second-order valence-electron chi connectivity index (χ2n) is 15.0. The Morgan fingerprint density at radius 2 is 0.915 bits per heavy atom. The van der Waals surface area contributed by atoms with Gasteiger partial charge in [-0.25, -0.2) is 0 Å². The normalized spacial score (nSPS) is 15.7. The zero-order valence-corrected chi connectivity index (χ0v) is 31.4. The lowest BCUT2D eigenvalue weighted by atomic mass is 9.93. The number of rotatable bonds is 12. The van der Waals surface area contributed by atoms with Crippen LogP contribution in [0.25, 0.3) is 32.6 Å². The van der Waals surface area contributed by atoms with Crippen molar-refractivity contribution < 1.29 is 0 Å². The third-order valence-corrected chi connectivity index (χ3v) is 15.2. The Balaban J connectivity index is 1.53. The van der Waals surface area contributed by atoms with E-state index in [1.54, 1.807) is 32.7 Å². The Bertz CT molecular complexity index is 1660. The van der Waals surface area contributed by atoms with Gasteiger partial charge < -0.3 is 0 Å². The molecule has 0 spiro atoms. The molecule has 244 valence electrons. The lowest BCUT2D eigenvalue weighted by Crippen LogP contribution is -2.32. The molecule has 0 bridgehead atoms. The van der Waals surface area contributed by atoms with Crippen molar-refractivity contribution >= 4 is 18.5 Å². The van der Waals surface area contributed by atoms with Crippen molar-refractivity contribution in [1.29, 1.82) is 0 Å². The number of hydrogen-bond donors (Lipinski definition) is 0. The largest absolute Gasteiger partial charge is 0.113 e. The average molecular weight is 637 g/mol. The molecule has 0 aromatic heterocycles. The van der Waals surface area contributed by atoms with Crippen LogP contribution in [0, 0.1) is 0 Å². The van der Waals surface area contributed by atoms with Crippen LogP contribution >= 0.6 is 0 Å². The smallest absolute Gasteiger partial charge is 0.0655 e. The van der Waals surface area contributed by atoms with E-state index in [9.17, 15) is 0 Å². The fourth-order valence-corrected chi connectivity index (χ4v) is 13.0. The lowest BCUT2D eigenvalue weighted by Gasteiger charge is -2.33. The van der Waals surface area contributed by atoms with E-state index in [0.717, 1.165) is 12.8 Å².